The summed E-state index contributed by atoms with van der Waals surface area (Å²) < 4.78 is 0. The fourth-order valence-electron chi connectivity index (χ4n) is 2.86. The van der Waals surface area contributed by atoms with Crippen LogP contribution in [0.25, 0.3) is 0 Å². The summed E-state index contributed by atoms with van der Waals surface area (Å²) in [5.41, 5.74) is 7.52. The van der Waals surface area contributed by atoms with E-state index in [4.69, 9.17) is 11.1 Å². The highest BCUT2D eigenvalue weighted by atomic mass is 15.1. The third-order valence-corrected chi connectivity index (χ3v) is 4.02. The van der Waals surface area contributed by atoms with E-state index < -0.39 is 0 Å². The molecule has 1 saturated carbocycles. The topological polar surface area (TPSA) is 53.1 Å². The van der Waals surface area contributed by atoms with Gasteiger partial charge >= 0.3 is 0 Å². The summed E-state index contributed by atoms with van der Waals surface area (Å²) in [5.74, 6) is 0.962. The van der Waals surface area contributed by atoms with Crippen LogP contribution in [0.3, 0.4) is 0 Å². The Morgan fingerprint density at radius 3 is 2.83 bits per heavy atom. The van der Waals surface area contributed by atoms with E-state index in [1.165, 1.54) is 31.4 Å². The lowest BCUT2D eigenvalue weighted by molar-refractivity contribution is 0.336. The Balaban J connectivity index is 2.14. The number of rotatable bonds is 3. The Morgan fingerprint density at radius 2 is 2.17 bits per heavy atom. The lowest BCUT2D eigenvalue weighted by atomic mass is 9.86. The first-order valence-corrected chi connectivity index (χ1v) is 6.75. The average Bonchev–Trinajstić information content (AvgIpc) is 2.38. The number of amidine groups is 1. The van der Waals surface area contributed by atoms with Crippen molar-refractivity contribution in [2.24, 2.45) is 11.7 Å². The predicted molar refractivity (Wildman–Crippen MR) is 77.3 cm³/mol. The fraction of sp³-hybridized carbons (Fsp3) is 0.533. The first-order chi connectivity index (χ1) is 8.58. The highest BCUT2D eigenvalue weighted by Crippen LogP contribution is 2.29. The minimum atomic E-state index is 0.141. The van der Waals surface area contributed by atoms with Crippen molar-refractivity contribution < 1.29 is 0 Å². The monoisotopic (exact) mass is 245 g/mol. The Kier molecular flexibility index (Phi) is 3.90. The number of nitrogens with two attached hydrogens (primary N) is 1. The highest BCUT2D eigenvalue weighted by Gasteiger charge is 2.22. The smallest absolute Gasteiger partial charge is 0.122 e. The van der Waals surface area contributed by atoms with Gasteiger partial charge in [0.2, 0.25) is 0 Å². The number of nitrogen functional groups attached to an aromatic ring is 1. The Morgan fingerprint density at radius 1 is 1.39 bits per heavy atom. The molecule has 18 heavy (non-hydrogen) atoms. The average molecular weight is 245 g/mol. The number of nitrogens with zero attached hydrogens (tertiary/aromatic N) is 1. The normalized spacial score (nSPS) is 23.7. The molecule has 2 rings (SSSR count). The van der Waals surface area contributed by atoms with E-state index in [9.17, 15) is 0 Å². The van der Waals surface area contributed by atoms with Crippen LogP contribution < -0.4 is 10.6 Å². The predicted octanol–water partition coefficient (Wildman–Crippen LogP) is 2.99. The summed E-state index contributed by atoms with van der Waals surface area (Å²) in [6.45, 7) is 2.34. The summed E-state index contributed by atoms with van der Waals surface area (Å²) in [5, 5.41) is 7.51. The summed E-state index contributed by atoms with van der Waals surface area (Å²) >= 11 is 0. The number of benzene rings is 1. The van der Waals surface area contributed by atoms with Crippen molar-refractivity contribution in [1.82, 2.24) is 0 Å². The minimum absolute atomic E-state index is 0.141. The van der Waals surface area contributed by atoms with Crippen molar-refractivity contribution >= 4 is 11.5 Å². The molecule has 1 aliphatic rings. The van der Waals surface area contributed by atoms with E-state index >= 15 is 0 Å². The van der Waals surface area contributed by atoms with Crippen LogP contribution in [-0.2, 0) is 0 Å². The molecule has 0 heterocycles. The van der Waals surface area contributed by atoms with Crippen LogP contribution in [0.2, 0.25) is 0 Å². The zero-order valence-electron chi connectivity index (χ0n) is 11.3. The second-order valence-electron chi connectivity index (χ2n) is 5.50. The van der Waals surface area contributed by atoms with Crippen LogP contribution in [0.15, 0.2) is 24.3 Å². The van der Waals surface area contributed by atoms with Gasteiger partial charge in [0, 0.05) is 24.3 Å². The van der Waals surface area contributed by atoms with Gasteiger partial charge in [0.25, 0.3) is 0 Å². The molecule has 0 amide bonds. The van der Waals surface area contributed by atoms with Gasteiger partial charge in [-0.15, -0.1) is 0 Å². The van der Waals surface area contributed by atoms with E-state index in [1.807, 2.05) is 18.2 Å². The van der Waals surface area contributed by atoms with Crippen LogP contribution in [0.5, 0.6) is 0 Å². The van der Waals surface area contributed by atoms with Crippen molar-refractivity contribution in [3.05, 3.63) is 29.8 Å². The van der Waals surface area contributed by atoms with Crippen molar-refractivity contribution in [3.63, 3.8) is 0 Å². The van der Waals surface area contributed by atoms with E-state index in [-0.39, 0.29) is 5.84 Å². The quantitative estimate of drug-likeness (QED) is 0.635. The summed E-state index contributed by atoms with van der Waals surface area (Å²) in [6, 6.07) is 8.61. The molecule has 0 spiro atoms. The molecule has 1 aliphatic carbocycles. The standard InChI is InChI=1S/C15H23N3/c1-11-5-3-7-13(9-11)18(2)14-8-4-6-12(10-14)15(16)17/h4,6,8,10-11,13H,3,5,7,9H2,1-2H3,(H3,16,17). The third kappa shape index (κ3) is 2.84. The van der Waals surface area contributed by atoms with Gasteiger partial charge in [0.05, 0.1) is 0 Å². The second kappa shape index (κ2) is 5.42. The Bertz CT molecular complexity index is 428. The molecular formula is C15H23N3. The molecule has 2 unspecified atom stereocenters. The summed E-state index contributed by atoms with van der Waals surface area (Å²) in [6.07, 6.45) is 5.21. The Hall–Kier alpha value is -1.51. The van der Waals surface area contributed by atoms with Gasteiger partial charge in [-0.3, -0.25) is 5.41 Å². The van der Waals surface area contributed by atoms with Crippen LogP contribution >= 0.6 is 0 Å². The fourth-order valence-corrected chi connectivity index (χ4v) is 2.86. The maximum absolute atomic E-state index is 7.51. The third-order valence-electron chi connectivity index (χ3n) is 4.02. The molecule has 0 aromatic heterocycles. The van der Waals surface area contributed by atoms with E-state index in [1.54, 1.807) is 0 Å². The molecule has 3 N–H and O–H groups in total. The van der Waals surface area contributed by atoms with Gasteiger partial charge < -0.3 is 10.6 Å². The molecule has 3 heteroatoms. The first kappa shape index (κ1) is 12.9. The van der Waals surface area contributed by atoms with Crippen LogP contribution in [0.1, 0.15) is 38.2 Å². The molecule has 0 radical (unpaired) electrons. The van der Waals surface area contributed by atoms with Crippen LogP contribution in [0.4, 0.5) is 5.69 Å². The van der Waals surface area contributed by atoms with Crippen molar-refractivity contribution in [2.75, 3.05) is 11.9 Å². The lowest BCUT2D eigenvalue weighted by Gasteiger charge is -2.35. The van der Waals surface area contributed by atoms with Gasteiger partial charge in [-0.05, 0) is 30.9 Å². The molecule has 0 aliphatic heterocycles. The first-order valence-electron chi connectivity index (χ1n) is 6.75. The summed E-state index contributed by atoms with van der Waals surface area (Å²) in [7, 11) is 2.15. The second-order valence-corrected chi connectivity index (χ2v) is 5.50. The number of nitrogens with one attached hydrogen (secondary N) is 1. The highest BCUT2D eigenvalue weighted by molar-refractivity contribution is 5.95. The summed E-state index contributed by atoms with van der Waals surface area (Å²) in [4.78, 5) is 2.35. The van der Waals surface area contributed by atoms with Crippen LogP contribution in [0, 0.1) is 11.3 Å². The van der Waals surface area contributed by atoms with Gasteiger partial charge in [-0.2, -0.15) is 0 Å². The molecule has 1 aromatic carbocycles. The molecule has 0 bridgehead atoms. The zero-order valence-corrected chi connectivity index (χ0v) is 11.3. The minimum Gasteiger partial charge on any atom is -0.384 e. The van der Waals surface area contributed by atoms with Gasteiger partial charge in [-0.1, -0.05) is 31.9 Å². The number of hydrogen-bond acceptors (Lipinski definition) is 2. The van der Waals surface area contributed by atoms with Crippen molar-refractivity contribution in [2.45, 2.75) is 38.6 Å². The zero-order chi connectivity index (χ0) is 13.1. The van der Waals surface area contributed by atoms with Crippen molar-refractivity contribution in [3.8, 4) is 0 Å². The van der Waals surface area contributed by atoms with E-state index in [0.29, 0.717) is 6.04 Å². The molecule has 98 valence electrons. The molecular weight excluding hydrogens is 222 g/mol. The lowest BCUT2D eigenvalue weighted by Crippen LogP contribution is -2.35. The van der Waals surface area contributed by atoms with Gasteiger partial charge in [0.15, 0.2) is 0 Å². The maximum Gasteiger partial charge on any atom is 0.122 e. The number of hydrogen-bond donors (Lipinski definition) is 2. The molecule has 1 aromatic rings. The number of anilines is 1. The largest absolute Gasteiger partial charge is 0.384 e. The molecule has 1 fully saturated rings. The Labute approximate surface area is 109 Å². The van der Waals surface area contributed by atoms with E-state index in [0.717, 1.165) is 11.5 Å². The molecule has 3 nitrogen and oxygen atoms in total. The van der Waals surface area contributed by atoms with Gasteiger partial charge in [-0.25, -0.2) is 0 Å². The van der Waals surface area contributed by atoms with Crippen molar-refractivity contribution in [1.29, 1.82) is 5.41 Å². The molecule has 0 saturated heterocycles. The van der Waals surface area contributed by atoms with Crippen LogP contribution in [-0.4, -0.2) is 18.9 Å². The maximum atomic E-state index is 7.51. The SMILES string of the molecule is CC1CCCC(N(C)c2cccc(C(=N)N)c2)C1. The van der Waals surface area contributed by atoms with Gasteiger partial charge in [0.1, 0.15) is 5.84 Å². The van der Waals surface area contributed by atoms with E-state index in [2.05, 4.69) is 24.9 Å². The molecule has 2 atom stereocenters.